The highest BCUT2D eigenvalue weighted by Gasteiger charge is 2.28. The molecule has 0 radical (unpaired) electrons. The molecular weight excluding hydrogens is 400 g/mol. The lowest BCUT2D eigenvalue weighted by Gasteiger charge is -2.25. The Morgan fingerprint density at radius 3 is 2.37 bits per heavy atom. The SMILES string of the molecule is Cc1ccc(Cl)cc1NC(=O)C(=O)NC[C@@H](c1ccc(N(C)C)cc1)[NH+]1CCCC1. The quantitative estimate of drug-likeness (QED) is 0.617. The van der Waals surface area contributed by atoms with Crippen LogP contribution in [0.3, 0.4) is 0 Å². The lowest BCUT2D eigenvalue weighted by Crippen LogP contribution is -3.11. The van der Waals surface area contributed by atoms with E-state index in [0.717, 1.165) is 24.3 Å². The highest BCUT2D eigenvalue weighted by molar-refractivity contribution is 6.40. The maximum absolute atomic E-state index is 12.5. The van der Waals surface area contributed by atoms with Crippen molar-refractivity contribution in [2.75, 3.05) is 43.9 Å². The van der Waals surface area contributed by atoms with Crippen LogP contribution in [0.2, 0.25) is 5.02 Å². The van der Waals surface area contributed by atoms with E-state index < -0.39 is 11.8 Å². The molecule has 0 bridgehead atoms. The lowest BCUT2D eigenvalue weighted by molar-refractivity contribution is -0.918. The van der Waals surface area contributed by atoms with Crippen LogP contribution in [-0.4, -0.2) is 45.5 Å². The Morgan fingerprint density at radius 2 is 1.73 bits per heavy atom. The van der Waals surface area contributed by atoms with Gasteiger partial charge in [0.15, 0.2) is 0 Å². The number of halogens is 1. The number of carbonyl (C=O) groups excluding carboxylic acids is 2. The van der Waals surface area contributed by atoms with Gasteiger partial charge in [0.05, 0.1) is 19.6 Å². The zero-order valence-corrected chi connectivity index (χ0v) is 18.6. The summed E-state index contributed by atoms with van der Waals surface area (Å²) in [5.74, 6) is -1.32. The van der Waals surface area contributed by atoms with Crippen LogP contribution in [0.15, 0.2) is 42.5 Å². The topological polar surface area (TPSA) is 65.9 Å². The molecule has 1 fully saturated rings. The van der Waals surface area contributed by atoms with Gasteiger partial charge >= 0.3 is 11.8 Å². The molecule has 0 aromatic heterocycles. The van der Waals surface area contributed by atoms with Gasteiger partial charge in [0.1, 0.15) is 6.04 Å². The van der Waals surface area contributed by atoms with Crippen molar-refractivity contribution in [3.8, 4) is 0 Å². The van der Waals surface area contributed by atoms with Gasteiger partial charge < -0.3 is 20.4 Å². The van der Waals surface area contributed by atoms with Crippen LogP contribution in [0.25, 0.3) is 0 Å². The molecule has 160 valence electrons. The minimum Gasteiger partial charge on any atom is -0.378 e. The molecule has 3 rings (SSSR count). The largest absolute Gasteiger partial charge is 0.378 e. The van der Waals surface area contributed by atoms with Crippen LogP contribution in [0.5, 0.6) is 0 Å². The first-order valence-electron chi connectivity index (χ1n) is 10.3. The molecule has 1 aliphatic rings. The first-order chi connectivity index (χ1) is 14.3. The fourth-order valence-corrected chi connectivity index (χ4v) is 4.04. The van der Waals surface area contributed by atoms with Crippen molar-refractivity contribution in [2.45, 2.75) is 25.8 Å². The van der Waals surface area contributed by atoms with Crippen LogP contribution >= 0.6 is 11.6 Å². The predicted molar refractivity (Wildman–Crippen MR) is 121 cm³/mol. The lowest BCUT2D eigenvalue weighted by atomic mass is 10.0. The number of carbonyl (C=O) groups is 2. The van der Waals surface area contributed by atoms with E-state index in [4.69, 9.17) is 11.6 Å². The number of aryl methyl sites for hydroxylation is 1. The monoisotopic (exact) mass is 429 g/mol. The van der Waals surface area contributed by atoms with Gasteiger partial charge in [-0.25, -0.2) is 0 Å². The third-order valence-electron chi connectivity index (χ3n) is 5.67. The van der Waals surface area contributed by atoms with E-state index in [9.17, 15) is 9.59 Å². The Bertz CT molecular complexity index is 893. The maximum Gasteiger partial charge on any atom is 0.313 e. The zero-order valence-electron chi connectivity index (χ0n) is 17.8. The molecule has 0 saturated carbocycles. The normalized spacial score (nSPS) is 14.9. The molecular formula is C23H30ClN4O2+. The Hall–Kier alpha value is -2.57. The summed E-state index contributed by atoms with van der Waals surface area (Å²) in [6, 6.07) is 13.7. The average molecular weight is 430 g/mol. The van der Waals surface area contributed by atoms with Crippen LogP contribution < -0.4 is 20.4 Å². The Morgan fingerprint density at radius 1 is 1.07 bits per heavy atom. The van der Waals surface area contributed by atoms with Gasteiger partial charge in [0.25, 0.3) is 0 Å². The molecule has 0 spiro atoms. The van der Waals surface area contributed by atoms with Crippen LogP contribution in [0, 0.1) is 6.92 Å². The minimum absolute atomic E-state index is 0.119. The number of hydrogen-bond donors (Lipinski definition) is 3. The number of likely N-dealkylation sites (tertiary alicyclic amines) is 1. The molecule has 0 aliphatic carbocycles. The van der Waals surface area contributed by atoms with E-state index in [2.05, 4.69) is 39.8 Å². The second-order valence-corrected chi connectivity index (χ2v) is 8.46. The van der Waals surface area contributed by atoms with Crippen molar-refractivity contribution in [3.05, 3.63) is 58.6 Å². The van der Waals surface area contributed by atoms with E-state index in [1.807, 2.05) is 21.0 Å². The summed E-state index contributed by atoms with van der Waals surface area (Å²) in [5.41, 5.74) is 3.70. The molecule has 1 atom stereocenters. The molecule has 2 amide bonds. The number of amides is 2. The van der Waals surface area contributed by atoms with Crippen LogP contribution in [-0.2, 0) is 9.59 Å². The molecule has 2 aromatic carbocycles. The first kappa shape index (κ1) is 22.1. The number of benzene rings is 2. The summed E-state index contributed by atoms with van der Waals surface area (Å²) >= 11 is 6.00. The Balaban J connectivity index is 1.66. The van der Waals surface area contributed by atoms with Gasteiger partial charge in [-0.05, 0) is 36.8 Å². The van der Waals surface area contributed by atoms with Crippen molar-refractivity contribution in [1.29, 1.82) is 0 Å². The fraction of sp³-hybridized carbons (Fsp3) is 0.391. The third kappa shape index (κ3) is 5.52. The van der Waals surface area contributed by atoms with Gasteiger partial charge in [-0.1, -0.05) is 29.8 Å². The third-order valence-corrected chi connectivity index (χ3v) is 5.91. The maximum atomic E-state index is 12.5. The van der Waals surface area contributed by atoms with Crippen molar-refractivity contribution in [2.24, 2.45) is 0 Å². The summed E-state index contributed by atoms with van der Waals surface area (Å²) < 4.78 is 0. The minimum atomic E-state index is -0.682. The number of nitrogens with one attached hydrogen (secondary N) is 3. The van der Waals surface area contributed by atoms with Crippen molar-refractivity contribution in [3.63, 3.8) is 0 Å². The number of quaternary nitrogens is 1. The average Bonchev–Trinajstić information content (AvgIpc) is 3.25. The highest BCUT2D eigenvalue weighted by Crippen LogP contribution is 2.20. The summed E-state index contributed by atoms with van der Waals surface area (Å²) in [7, 11) is 4.03. The van der Waals surface area contributed by atoms with Gasteiger partial charge in [0, 0.05) is 48.9 Å². The standard InChI is InChI=1S/C23H29ClN4O2/c1-16-6-9-18(24)14-20(16)26-23(30)22(29)25-15-21(28-12-4-5-13-28)17-7-10-19(11-8-17)27(2)3/h6-11,14,21H,4-5,12-13,15H2,1-3H3,(H,25,29)(H,26,30)/p+1/t21-/m0/s1. The summed E-state index contributed by atoms with van der Waals surface area (Å²) in [5, 5.41) is 6.00. The van der Waals surface area contributed by atoms with Gasteiger partial charge in [-0.3, -0.25) is 9.59 Å². The smallest absolute Gasteiger partial charge is 0.313 e. The highest BCUT2D eigenvalue weighted by atomic mass is 35.5. The van der Waals surface area contributed by atoms with Crippen molar-refractivity contribution >= 4 is 34.8 Å². The second-order valence-electron chi connectivity index (χ2n) is 8.03. The molecule has 1 heterocycles. The summed E-state index contributed by atoms with van der Waals surface area (Å²) in [6.07, 6.45) is 2.37. The number of anilines is 2. The second kappa shape index (κ2) is 9.96. The molecule has 1 saturated heterocycles. The molecule has 3 N–H and O–H groups in total. The number of nitrogens with zero attached hydrogens (tertiary/aromatic N) is 1. The van der Waals surface area contributed by atoms with Crippen LogP contribution in [0.1, 0.15) is 30.0 Å². The molecule has 7 heteroatoms. The Kier molecular flexibility index (Phi) is 7.34. The molecule has 2 aromatic rings. The number of hydrogen-bond acceptors (Lipinski definition) is 3. The van der Waals surface area contributed by atoms with E-state index in [0.29, 0.717) is 17.3 Å². The van der Waals surface area contributed by atoms with Crippen molar-refractivity contribution in [1.82, 2.24) is 5.32 Å². The fourth-order valence-electron chi connectivity index (χ4n) is 3.86. The first-order valence-corrected chi connectivity index (χ1v) is 10.7. The molecule has 0 unspecified atom stereocenters. The van der Waals surface area contributed by atoms with E-state index >= 15 is 0 Å². The van der Waals surface area contributed by atoms with E-state index in [1.165, 1.54) is 23.3 Å². The molecule has 6 nitrogen and oxygen atoms in total. The zero-order chi connectivity index (χ0) is 21.7. The summed E-state index contributed by atoms with van der Waals surface area (Å²) in [6.45, 7) is 4.42. The molecule has 1 aliphatic heterocycles. The Labute approximate surface area is 183 Å². The van der Waals surface area contributed by atoms with Gasteiger partial charge in [-0.15, -0.1) is 0 Å². The van der Waals surface area contributed by atoms with E-state index in [-0.39, 0.29) is 6.04 Å². The van der Waals surface area contributed by atoms with Crippen LogP contribution in [0.4, 0.5) is 11.4 Å². The van der Waals surface area contributed by atoms with Crippen molar-refractivity contribution < 1.29 is 14.5 Å². The van der Waals surface area contributed by atoms with Gasteiger partial charge in [0.2, 0.25) is 0 Å². The number of rotatable bonds is 6. The van der Waals surface area contributed by atoms with Gasteiger partial charge in [-0.2, -0.15) is 0 Å². The summed E-state index contributed by atoms with van der Waals surface area (Å²) in [4.78, 5) is 28.4. The van der Waals surface area contributed by atoms with E-state index in [1.54, 1.807) is 18.2 Å². The predicted octanol–water partition coefficient (Wildman–Crippen LogP) is 2.19. The molecule has 30 heavy (non-hydrogen) atoms.